The van der Waals surface area contributed by atoms with Crippen molar-refractivity contribution < 1.29 is 4.74 Å². The number of hydrogen-bond acceptors (Lipinski definition) is 1. The summed E-state index contributed by atoms with van der Waals surface area (Å²) in [4.78, 5) is 3.33. The highest BCUT2D eigenvalue weighted by atomic mass is 16.5. The molecular weight excluding hydrogens is 270 g/mol. The van der Waals surface area contributed by atoms with Gasteiger partial charge in [-0.2, -0.15) is 0 Å². The molecule has 1 N–H and O–H groups in total. The predicted octanol–water partition coefficient (Wildman–Crippen LogP) is 5.21. The molecule has 112 valence electrons. The highest BCUT2D eigenvalue weighted by Gasteiger charge is 2.20. The zero-order valence-corrected chi connectivity index (χ0v) is 13.1. The Labute approximate surface area is 131 Å². The van der Waals surface area contributed by atoms with E-state index in [4.69, 9.17) is 4.74 Å². The largest absolute Gasteiger partial charge is 0.489 e. The lowest BCUT2D eigenvalue weighted by molar-refractivity contribution is 0.306. The van der Waals surface area contributed by atoms with Gasteiger partial charge in [0.1, 0.15) is 12.4 Å². The second-order valence-corrected chi connectivity index (χ2v) is 6.11. The average molecular weight is 291 g/mol. The van der Waals surface area contributed by atoms with Gasteiger partial charge in [-0.1, -0.05) is 50.3 Å². The maximum Gasteiger partial charge on any atom is 0.120 e. The van der Waals surface area contributed by atoms with E-state index in [9.17, 15) is 0 Å². The number of benzene rings is 2. The Morgan fingerprint density at radius 1 is 1.14 bits per heavy atom. The molecular formula is C20H21NO. The summed E-state index contributed by atoms with van der Waals surface area (Å²) in [5, 5.41) is 1.19. The number of aromatic nitrogens is 1. The van der Waals surface area contributed by atoms with Gasteiger partial charge in [0.15, 0.2) is 0 Å². The van der Waals surface area contributed by atoms with Crippen molar-refractivity contribution in [1.29, 1.82) is 0 Å². The highest BCUT2D eigenvalue weighted by Crippen LogP contribution is 2.33. The first-order valence-corrected chi connectivity index (χ1v) is 7.52. The van der Waals surface area contributed by atoms with Crippen LogP contribution in [0.3, 0.4) is 0 Å². The van der Waals surface area contributed by atoms with Gasteiger partial charge in [0, 0.05) is 22.5 Å². The van der Waals surface area contributed by atoms with Gasteiger partial charge < -0.3 is 9.72 Å². The van der Waals surface area contributed by atoms with Crippen LogP contribution in [0.4, 0.5) is 0 Å². The molecule has 1 heterocycles. The lowest BCUT2D eigenvalue weighted by Crippen LogP contribution is -2.11. The molecule has 0 spiro atoms. The standard InChI is InChI=1S/C20H21NO/c1-4-20(2,3)18-13-21-19-11-10-16(12-17(18)19)22-14-15-8-6-5-7-9-15/h4-13,21H,1,14H2,2-3H3. The van der Waals surface area contributed by atoms with Gasteiger partial charge in [0.25, 0.3) is 0 Å². The average Bonchev–Trinajstić information content (AvgIpc) is 2.98. The lowest BCUT2D eigenvalue weighted by Gasteiger charge is -2.19. The molecule has 2 aromatic carbocycles. The number of allylic oxidation sites excluding steroid dienone is 1. The molecule has 2 nitrogen and oxygen atoms in total. The van der Waals surface area contributed by atoms with E-state index in [0.717, 1.165) is 11.3 Å². The SMILES string of the molecule is C=CC(C)(C)c1c[nH]c2ccc(OCc3ccccc3)cc12. The minimum atomic E-state index is -0.0731. The Morgan fingerprint density at radius 2 is 1.91 bits per heavy atom. The third-order valence-electron chi connectivity index (χ3n) is 4.11. The number of nitrogens with one attached hydrogen (secondary N) is 1. The summed E-state index contributed by atoms with van der Waals surface area (Å²) < 4.78 is 5.93. The maximum atomic E-state index is 5.93. The zero-order valence-electron chi connectivity index (χ0n) is 13.1. The van der Waals surface area contributed by atoms with Gasteiger partial charge in [-0.25, -0.2) is 0 Å². The van der Waals surface area contributed by atoms with Crippen molar-refractivity contribution in [3.8, 4) is 5.75 Å². The second-order valence-electron chi connectivity index (χ2n) is 6.11. The summed E-state index contributed by atoms with van der Waals surface area (Å²) in [6.45, 7) is 8.86. The number of H-pyrrole nitrogens is 1. The topological polar surface area (TPSA) is 25.0 Å². The van der Waals surface area contributed by atoms with Crippen LogP contribution in [0.2, 0.25) is 0 Å². The molecule has 2 heteroatoms. The first-order valence-electron chi connectivity index (χ1n) is 7.52. The van der Waals surface area contributed by atoms with Crippen LogP contribution in [0.1, 0.15) is 25.0 Å². The van der Waals surface area contributed by atoms with Crippen LogP contribution in [0.25, 0.3) is 10.9 Å². The van der Waals surface area contributed by atoms with Crippen LogP contribution < -0.4 is 4.74 Å². The normalized spacial score (nSPS) is 11.5. The summed E-state index contributed by atoms with van der Waals surface area (Å²) in [7, 11) is 0. The number of rotatable bonds is 5. The van der Waals surface area contributed by atoms with E-state index in [-0.39, 0.29) is 5.41 Å². The summed E-state index contributed by atoms with van der Waals surface area (Å²) in [5.74, 6) is 0.886. The van der Waals surface area contributed by atoms with Crippen LogP contribution in [0, 0.1) is 0 Å². The quantitative estimate of drug-likeness (QED) is 0.641. The molecule has 3 rings (SSSR count). The van der Waals surface area contributed by atoms with E-state index < -0.39 is 0 Å². The van der Waals surface area contributed by atoms with Gasteiger partial charge in [-0.05, 0) is 29.3 Å². The van der Waals surface area contributed by atoms with Crippen molar-refractivity contribution in [3.63, 3.8) is 0 Å². The third kappa shape index (κ3) is 2.77. The highest BCUT2D eigenvalue weighted by molar-refractivity contribution is 5.86. The van der Waals surface area contributed by atoms with E-state index in [0.29, 0.717) is 6.61 Å². The number of ether oxygens (including phenoxy) is 1. The molecule has 0 aliphatic heterocycles. The molecule has 1 aromatic heterocycles. The van der Waals surface area contributed by atoms with Crippen molar-refractivity contribution >= 4 is 10.9 Å². The van der Waals surface area contributed by atoms with Gasteiger partial charge >= 0.3 is 0 Å². The fraction of sp³-hybridized carbons (Fsp3) is 0.200. The molecule has 0 fully saturated rings. The molecule has 0 saturated heterocycles. The van der Waals surface area contributed by atoms with Gasteiger partial charge in [0.05, 0.1) is 0 Å². The number of fused-ring (bicyclic) bond motifs is 1. The Morgan fingerprint density at radius 3 is 2.64 bits per heavy atom. The van der Waals surface area contributed by atoms with E-state index in [1.54, 1.807) is 0 Å². The fourth-order valence-corrected chi connectivity index (χ4v) is 2.57. The van der Waals surface area contributed by atoms with Crippen LogP contribution in [-0.4, -0.2) is 4.98 Å². The van der Waals surface area contributed by atoms with E-state index in [1.165, 1.54) is 16.5 Å². The van der Waals surface area contributed by atoms with Crippen LogP contribution in [0.5, 0.6) is 5.75 Å². The molecule has 3 aromatic rings. The van der Waals surface area contributed by atoms with E-state index in [1.807, 2.05) is 30.3 Å². The predicted molar refractivity (Wildman–Crippen MR) is 92.3 cm³/mol. The van der Waals surface area contributed by atoms with Crippen molar-refractivity contribution in [3.05, 3.63) is 78.5 Å². The monoisotopic (exact) mass is 291 g/mol. The van der Waals surface area contributed by atoms with E-state index in [2.05, 4.69) is 55.9 Å². The summed E-state index contributed by atoms with van der Waals surface area (Å²) in [6, 6.07) is 16.4. The maximum absolute atomic E-state index is 5.93. The van der Waals surface area contributed by atoms with Gasteiger partial charge in [-0.15, -0.1) is 6.58 Å². The van der Waals surface area contributed by atoms with Crippen molar-refractivity contribution in [2.75, 3.05) is 0 Å². The molecule has 0 saturated carbocycles. The summed E-state index contributed by atoms with van der Waals surface area (Å²) in [5.41, 5.74) is 3.46. The number of hydrogen-bond donors (Lipinski definition) is 1. The molecule has 0 amide bonds. The minimum absolute atomic E-state index is 0.0731. The Bertz CT molecular complexity index is 784. The molecule has 22 heavy (non-hydrogen) atoms. The van der Waals surface area contributed by atoms with Crippen LogP contribution >= 0.6 is 0 Å². The first-order chi connectivity index (χ1) is 10.6. The minimum Gasteiger partial charge on any atom is -0.489 e. The fourth-order valence-electron chi connectivity index (χ4n) is 2.57. The summed E-state index contributed by atoms with van der Waals surface area (Å²) in [6.07, 6.45) is 4.04. The molecule has 0 atom stereocenters. The Hall–Kier alpha value is -2.48. The van der Waals surface area contributed by atoms with Gasteiger partial charge in [0.2, 0.25) is 0 Å². The van der Waals surface area contributed by atoms with Crippen LogP contribution in [0.15, 0.2) is 67.4 Å². The molecule has 0 aliphatic rings. The molecule has 0 radical (unpaired) electrons. The Kier molecular flexibility index (Phi) is 3.76. The second kappa shape index (κ2) is 5.72. The van der Waals surface area contributed by atoms with Gasteiger partial charge in [-0.3, -0.25) is 0 Å². The molecule has 0 unspecified atom stereocenters. The first kappa shape index (κ1) is 14.5. The molecule has 0 bridgehead atoms. The third-order valence-corrected chi connectivity index (χ3v) is 4.11. The van der Waals surface area contributed by atoms with Crippen molar-refractivity contribution in [1.82, 2.24) is 4.98 Å². The smallest absolute Gasteiger partial charge is 0.120 e. The zero-order chi connectivity index (χ0) is 15.6. The molecule has 0 aliphatic carbocycles. The Balaban J connectivity index is 1.89. The lowest BCUT2D eigenvalue weighted by atomic mass is 9.85. The van der Waals surface area contributed by atoms with E-state index >= 15 is 0 Å². The van der Waals surface area contributed by atoms with Crippen LogP contribution in [-0.2, 0) is 12.0 Å². The summed E-state index contributed by atoms with van der Waals surface area (Å²) >= 11 is 0. The number of aromatic amines is 1. The van der Waals surface area contributed by atoms with Crippen molar-refractivity contribution in [2.45, 2.75) is 25.9 Å². The van der Waals surface area contributed by atoms with Crippen molar-refractivity contribution in [2.24, 2.45) is 0 Å².